The van der Waals surface area contributed by atoms with Crippen molar-refractivity contribution in [2.24, 2.45) is 5.73 Å². The maximum atomic E-state index is 11.3. The normalized spacial score (nSPS) is 27.8. The first-order chi connectivity index (χ1) is 10.4. The Morgan fingerprint density at radius 2 is 2.23 bits per heavy atom. The first-order valence-electron chi connectivity index (χ1n) is 6.46. The molecule has 0 aliphatic carbocycles. The third kappa shape index (κ3) is 3.39. The number of rotatable bonds is 6. The summed E-state index contributed by atoms with van der Waals surface area (Å²) in [5, 5.41) is 26.2. The molecule has 5 N–H and O–H groups in total. The van der Waals surface area contributed by atoms with Crippen LogP contribution in [0.4, 0.5) is 0 Å². The van der Waals surface area contributed by atoms with E-state index in [1.165, 1.54) is 0 Å². The molecule has 1 aliphatic rings. The molecule has 2 heterocycles. The zero-order chi connectivity index (χ0) is 16.3. The van der Waals surface area contributed by atoms with E-state index in [1.54, 1.807) is 7.05 Å². The highest BCUT2D eigenvalue weighted by molar-refractivity contribution is 5.88. The van der Waals surface area contributed by atoms with E-state index in [2.05, 4.69) is 15.4 Å². The van der Waals surface area contributed by atoms with Crippen LogP contribution in [-0.2, 0) is 14.3 Å². The Hall–Kier alpha value is -2.08. The number of likely N-dealkylation sites (N-methyl/N-ethyl adjacent to an activating group) is 1. The van der Waals surface area contributed by atoms with Crippen LogP contribution < -0.4 is 11.1 Å². The van der Waals surface area contributed by atoms with Gasteiger partial charge in [-0.1, -0.05) is 0 Å². The summed E-state index contributed by atoms with van der Waals surface area (Å²) in [7, 11) is 1.59. The lowest BCUT2D eigenvalue weighted by atomic mass is 10.1. The number of esters is 1. The molecule has 1 aliphatic heterocycles. The second-order valence-electron chi connectivity index (χ2n) is 4.67. The van der Waals surface area contributed by atoms with Crippen LogP contribution in [0.5, 0.6) is 0 Å². The molecule has 0 aromatic carbocycles. The van der Waals surface area contributed by atoms with Crippen LogP contribution in [0.15, 0.2) is 6.33 Å². The molecule has 0 radical (unpaired) electrons. The van der Waals surface area contributed by atoms with Gasteiger partial charge in [0.25, 0.3) is 5.91 Å². The fraction of sp³-hybridized carbons (Fsp3) is 0.636. The molecule has 2 rings (SSSR count). The lowest BCUT2D eigenvalue weighted by Crippen LogP contribution is -2.35. The quantitative estimate of drug-likeness (QED) is 0.395. The monoisotopic (exact) mass is 315 g/mol. The summed E-state index contributed by atoms with van der Waals surface area (Å²) in [6, 6.07) is 0. The second kappa shape index (κ2) is 6.79. The Morgan fingerprint density at radius 1 is 1.50 bits per heavy atom. The van der Waals surface area contributed by atoms with Gasteiger partial charge in [-0.05, 0) is 7.05 Å². The molecule has 1 fully saturated rings. The van der Waals surface area contributed by atoms with Crippen LogP contribution in [0.2, 0.25) is 0 Å². The van der Waals surface area contributed by atoms with Crippen LogP contribution in [0, 0.1) is 0 Å². The lowest BCUT2D eigenvalue weighted by molar-refractivity contribution is -0.149. The fourth-order valence-corrected chi connectivity index (χ4v) is 1.97. The van der Waals surface area contributed by atoms with Crippen LogP contribution >= 0.6 is 0 Å². The Morgan fingerprint density at radius 3 is 2.82 bits per heavy atom. The molecule has 1 amide bonds. The van der Waals surface area contributed by atoms with Crippen LogP contribution in [0.25, 0.3) is 0 Å². The minimum absolute atomic E-state index is 0.0137. The number of aromatic nitrogens is 3. The molecule has 122 valence electrons. The highest BCUT2D eigenvalue weighted by Crippen LogP contribution is 2.28. The Balaban J connectivity index is 1.99. The molecule has 0 spiro atoms. The topological polar surface area (TPSA) is 162 Å². The van der Waals surface area contributed by atoms with Gasteiger partial charge in [-0.2, -0.15) is 0 Å². The number of carbonyl (C=O) groups is 2. The van der Waals surface area contributed by atoms with Gasteiger partial charge in [0.1, 0.15) is 31.2 Å². The summed E-state index contributed by atoms with van der Waals surface area (Å²) in [4.78, 5) is 25.9. The smallest absolute Gasteiger partial charge is 0.320 e. The first kappa shape index (κ1) is 16.3. The molecule has 11 heteroatoms. The van der Waals surface area contributed by atoms with Crippen molar-refractivity contribution in [1.29, 1.82) is 0 Å². The largest absolute Gasteiger partial charge is 0.462 e. The molecule has 0 unspecified atom stereocenters. The molecule has 4 atom stereocenters. The number of aliphatic hydroxyl groups excluding tert-OH is 2. The maximum Gasteiger partial charge on any atom is 0.320 e. The van der Waals surface area contributed by atoms with Crippen LogP contribution in [0.1, 0.15) is 16.8 Å². The molecule has 1 aromatic rings. The first-order valence-corrected chi connectivity index (χ1v) is 6.46. The van der Waals surface area contributed by atoms with E-state index < -0.39 is 36.4 Å². The Bertz CT molecular complexity index is 549. The number of carbonyl (C=O) groups excluding carboxylic acids is 2. The van der Waals surface area contributed by atoms with Gasteiger partial charge in [0.15, 0.2) is 6.23 Å². The van der Waals surface area contributed by atoms with Gasteiger partial charge >= 0.3 is 5.97 Å². The van der Waals surface area contributed by atoms with E-state index in [4.69, 9.17) is 15.2 Å². The molecular formula is C11H17N5O6. The molecule has 1 saturated heterocycles. The number of primary amides is 1. The second-order valence-corrected chi connectivity index (χ2v) is 4.67. The van der Waals surface area contributed by atoms with Gasteiger partial charge < -0.3 is 30.7 Å². The van der Waals surface area contributed by atoms with Gasteiger partial charge in [0.2, 0.25) is 5.82 Å². The van der Waals surface area contributed by atoms with Crippen molar-refractivity contribution in [3.63, 3.8) is 0 Å². The average molecular weight is 315 g/mol. The van der Waals surface area contributed by atoms with Crippen molar-refractivity contribution < 1.29 is 29.3 Å². The summed E-state index contributed by atoms with van der Waals surface area (Å²) < 4.78 is 11.4. The van der Waals surface area contributed by atoms with E-state index in [0.717, 1.165) is 11.0 Å². The van der Waals surface area contributed by atoms with Gasteiger partial charge in [-0.15, -0.1) is 5.10 Å². The van der Waals surface area contributed by atoms with Crippen LogP contribution in [-0.4, -0.2) is 75.4 Å². The Labute approximate surface area is 125 Å². The van der Waals surface area contributed by atoms with Crippen molar-refractivity contribution in [1.82, 2.24) is 20.1 Å². The number of nitrogens with one attached hydrogen (secondary N) is 1. The van der Waals surface area contributed by atoms with E-state index in [9.17, 15) is 19.8 Å². The minimum Gasteiger partial charge on any atom is -0.462 e. The van der Waals surface area contributed by atoms with Gasteiger partial charge in [-0.3, -0.25) is 9.59 Å². The maximum absolute atomic E-state index is 11.3. The summed E-state index contributed by atoms with van der Waals surface area (Å²) in [6.45, 7) is -0.216. The zero-order valence-corrected chi connectivity index (χ0v) is 11.7. The van der Waals surface area contributed by atoms with E-state index in [0.29, 0.717) is 0 Å². The SMILES string of the molecule is CNCC(=O)OC[C@H]1O[C@@H](n2cnc(C(N)=O)n2)[C@H](O)[C@@H]1O. The number of hydrogen-bond donors (Lipinski definition) is 4. The van der Waals surface area contributed by atoms with Crippen LogP contribution in [0.3, 0.4) is 0 Å². The Kier molecular flexibility index (Phi) is 5.03. The standard InChI is InChI=1S/C11H17N5O6/c1-13-2-6(17)21-3-5-7(18)8(19)11(22-5)16-4-14-10(15-16)9(12)20/h4-5,7-8,11,13,18-19H,2-3H2,1H3,(H2,12,20)/t5-,7-,8-,11-/m1/s1. The van der Waals surface area contributed by atoms with Crippen molar-refractivity contribution in [2.75, 3.05) is 20.2 Å². The third-order valence-electron chi connectivity index (χ3n) is 3.06. The van der Waals surface area contributed by atoms with E-state index in [1.807, 2.05) is 0 Å². The zero-order valence-electron chi connectivity index (χ0n) is 11.7. The highest BCUT2D eigenvalue weighted by atomic mass is 16.6. The predicted octanol–water partition coefficient (Wildman–Crippen LogP) is -3.24. The van der Waals surface area contributed by atoms with Crippen molar-refractivity contribution >= 4 is 11.9 Å². The molecular weight excluding hydrogens is 298 g/mol. The molecule has 0 saturated carbocycles. The summed E-state index contributed by atoms with van der Waals surface area (Å²) in [5.41, 5.74) is 5.03. The number of hydrogen-bond acceptors (Lipinski definition) is 9. The van der Waals surface area contributed by atoms with E-state index in [-0.39, 0.29) is 19.0 Å². The summed E-state index contributed by atoms with van der Waals surface area (Å²) >= 11 is 0. The number of aliphatic hydroxyl groups is 2. The highest BCUT2D eigenvalue weighted by Gasteiger charge is 2.44. The van der Waals surface area contributed by atoms with Crippen molar-refractivity contribution in [3.05, 3.63) is 12.2 Å². The summed E-state index contributed by atoms with van der Waals surface area (Å²) in [5.74, 6) is -1.59. The van der Waals surface area contributed by atoms with Gasteiger partial charge in [0.05, 0.1) is 6.54 Å². The molecule has 11 nitrogen and oxygen atoms in total. The number of amides is 1. The third-order valence-corrected chi connectivity index (χ3v) is 3.06. The predicted molar refractivity (Wildman–Crippen MR) is 69.3 cm³/mol. The van der Waals surface area contributed by atoms with Crippen molar-refractivity contribution in [2.45, 2.75) is 24.5 Å². The van der Waals surface area contributed by atoms with Crippen molar-refractivity contribution in [3.8, 4) is 0 Å². The average Bonchev–Trinajstić information content (AvgIpc) is 3.05. The molecule has 1 aromatic heterocycles. The minimum atomic E-state index is -1.32. The fourth-order valence-electron chi connectivity index (χ4n) is 1.97. The lowest BCUT2D eigenvalue weighted by Gasteiger charge is -2.14. The van der Waals surface area contributed by atoms with Gasteiger partial charge in [0, 0.05) is 0 Å². The molecule has 0 bridgehead atoms. The number of nitrogens with two attached hydrogens (primary N) is 1. The van der Waals surface area contributed by atoms with E-state index >= 15 is 0 Å². The number of nitrogens with zero attached hydrogens (tertiary/aromatic N) is 3. The summed E-state index contributed by atoms with van der Waals surface area (Å²) in [6.07, 6.45) is -3.45. The molecule has 22 heavy (non-hydrogen) atoms. The number of ether oxygens (including phenoxy) is 2. The van der Waals surface area contributed by atoms with Gasteiger partial charge in [-0.25, -0.2) is 9.67 Å².